The van der Waals surface area contributed by atoms with Crippen LogP contribution in [0.15, 0.2) is 83.6 Å². The Morgan fingerprint density at radius 3 is 2.76 bits per heavy atom. The molecule has 2 N–H and O–H groups in total. The standard InChI is InChI=1S/C25H25FN4O3/c26-21-6-1-5-20(14-21)18-33-22-7-2-4-19(15-22)10-12-30(16-23-8-3-13-32-23)17-25(31)28-24-9-11-27-29-24/h1-9,11,13-15H,10,12,16-18H2,(H2,27,28,29,31). The molecule has 4 rings (SSSR count). The Hall–Kier alpha value is -3.91. The Morgan fingerprint density at radius 2 is 1.97 bits per heavy atom. The van der Waals surface area contributed by atoms with Crippen molar-refractivity contribution in [1.29, 1.82) is 0 Å². The van der Waals surface area contributed by atoms with Gasteiger partial charge in [-0.2, -0.15) is 5.10 Å². The minimum atomic E-state index is -0.280. The summed E-state index contributed by atoms with van der Waals surface area (Å²) in [6.07, 6.45) is 3.92. The highest BCUT2D eigenvalue weighted by Gasteiger charge is 2.14. The van der Waals surface area contributed by atoms with Crippen LogP contribution in [0.3, 0.4) is 0 Å². The molecule has 0 saturated carbocycles. The summed E-state index contributed by atoms with van der Waals surface area (Å²) in [6, 6.07) is 19.6. The Kier molecular flexibility index (Phi) is 7.50. The number of carbonyl (C=O) groups is 1. The van der Waals surface area contributed by atoms with Crippen molar-refractivity contribution in [2.45, 2.75) is 19.6 Å². The van der Waals surface area contributed by atoms with Gasteiger partial charge in [0.2, 0.25) is 5.91 Å². The molecule has 0 unspecified atom stereocenters. The van der Waals surface area contributed by atoms with E-state index in [0.717, 1.165) is 23.3 Å². The topological polar surface area (TPSA) is 83.4 Å². The monoisotopic (exact) mass is 448 g/mol. The SMILES string of the molecule is O=C(CN(CCc1cccc(OCc2cccc(F)c2)c1)Cc1ccco1)Nc1ccn[nH]1. The van der Waals surface area contributed by atoms with Crippen molar-refractivity contribution in [3.8, 4) is 5.75 Å². The lowest BCUT2D eigenvalue weighted by Gasteiger charge is -2.20. The fourth-order valence-electron chi connectivity index (χ4n) is 3.43. The molecule has 8 heteroatoms. The van der Waals surface area contributed by atoms with Gasteiger partial charge in [0.05, 0.1) is 25.5 Å². The van der Waals surface area contributed by atoms with E-state index in [0.29, 0.717) is 31.3 Å². The van der Waals surface area contributed by atoms with Gasteiger partial charge in [0, 0.05) is 12.6 Å². The van der Waals surface area contributed by atoms with Crippen molar-refractivity contribution < 1.29 is 18.3 Å². The van der Waals surface area contributed by atoms with Gasteiger partial charge in [-0.05, 0) is 53.9 Å². The van der Waals surface area contributed by atoms with Crippen LogP contribution < -0.4 is 10.1 Å². The van der Waals surface area contributed by atoms with E-state index in [1.807, 2.05) is 47.4 Å². The van der Waals surface area contributed by atoms with Crippen LogP contribution in [-0.2, 0) is 24.4 Å². The largest absolute Gasteiger partial charge is 0.489 e. The number of anilines is 1. The molecule has 1 amide bonds. The van der Waals surface area contributed by atoms with Gasteiger partial charge in [-0.3, -0.25) is 14.8 Å². The van der Waals surface area contributed by atoms with Crippen molar-refractivity contribution in [3.63, 3.8) is 0 Å². The molecule has 0 aliphatic heterocycles. The van der Waals surface area contributed by atoms with E-state index in [2.05, 4.69) is 15.5 Å². The molecule has 0 saturated heterocycles. The van der Waals surface area contributed by atoms with Crippen LogP contribution in [0.2, 0.25) is 0 Å². The summed E-state index contributed by atoms with van der Waals surface area (Å²) < 4.78 is 24.7. The maximum atomic E-state index is 13.4. The number of ether oxygens (including phenoxy) is 1. The summed E-state index contributed by atoms with van der Waals surface area (Å²) in [7, 11) is 0. The molecule has 0 spiro atoms. The third kappa shape index (κ3) is 7.05. The minimum Gasteiger partial charge on any atom is -0.489 e. The molecule has 0 aliphatic rings. The second-order valence-corrected chi connectivity index (χ2v) is 7.62. The molecule has 33 heavy (non-hydrogen) atoms. The second-order valence-electron chi connectivity index (χ2n) is 7.62. The fourth-order valence-corrected chi connectivity index (χ4v) is 3.43. The summed E-state index contributed by atoms with van der Waals surface area (Å²) in [6.45, 7) is 1.65. The first-order valence-electron chi connectivity index (χ1n) is 10.6. The Labute approximate surface area is 191 Å². The van der Waals surface area contributed by atoms with Gasteiger partial charge in [-0.25, -0.2) is 4.39 Å². The van der Waals surface area contributed by atoms with Crippen LogP contribution in [0.5, 0.6) is 5.75 Å². The summed E-state index contributed by atoms with van der Waals surface area (Å²) >= 11 is 0. The Balaban J connectivity index is 1.35. The number of rotatable bonds is 11. The number of benzene rings is 2. The molecule has 0 aliphatic carbocycles. The molecule has 0 atom stereocenters. The number of aromatic nitrogens is 2. The third-order valence-corrected chi connectivity index (χ3v) is 5.01. The Morgan fingerprint density at radius 1 is 1.09 bits per heavy atom. The van der Waals surface area contributed by atoms with E-state index in [1.54, 1.807) is 24.6 Å². The maximum absolute atomic E-state index is 13.4. The molecule has 0 bridgehead atoms. The van der Waals surface area contributed by atoms with Gasteiger partial charge in [0.1, 0.15) is 29.8 Å². The van der Waals surface area contributed by atoms with Crippen molar-refractivity contribution >= 4 is 11.7 Å². The first-order valence-corrected chi connectivity index (χ1v) is 10.6. The molecule has 7 nitrogen and oxygen atoms in total. The highest BCUT2D eigenvalue weighted by atomic mass is 19.1. The lowest BCUT2D eigenvalue weighted by molar-refractivity contribution is -0.117. The Bertz CT molecular complexity index is 1150. The molecule has 2 aromatic heterocycles. The summed E-state index contributed by atoms with van der Waals surface area (Å²) in [5.74, 6) is 1.64. The van der Waals surface area contributed by atoms with Crippen LogP contribution in [0.1, 0.15) is 16.9 Å². The quantitative estimate of drug-likeness (QED) is 0.355. The normalized spacial score (nSPS) is 11.0. The number of hydrogen-bond acceptors (Lipinski definition) is 5. The summed E-state index contributed by atoms with van der Waals surface area (Å²) in [4.78, 5) is 14.5. The average Bonchev–Trinajstić information content (AvgIpc) is 3.51. The van der Waals surface area contributed by atoms with Crippen LogP contribution >= 0.6 is 0 Å². The van der Waals surface area contributed by atoms with Crippen molar-refractivity contribution in [2.24, 2.45) is 0 Å². The van der Waals surface area contributed by atoms with E-state index in [1.165, 1.54) is 12.1 Å². The number of aromatic amines is 1. The van der Waals surface area contributed by atoms with Gasteiger partial charge in [0.15, 0.2) is 0 Å². The van der Waals surface area contributed by atoms with E-state index in [9.17, 15) is 9.18 Å². The molecule has 2 aromatic carbocycles. The maximum Gasteiger partial charge on any atom is 0.239 e. The summed E-state index contributed by atoms with van der Waals surface area (Å²) in [5.41, 5.74) is 1.85. The predicted molar refractivity (Wildman–Crippen MR) is 122 cm³/mol. The number of amides is 1. The summed E-state index contributed by atoms with van der Waals surface area (Å²) in [5, 5.41) is 9.36. The van der Waals surface area contributed by atoms with Gasteiger partial charge in [0.25, 0.3) is 0 Å². The number of carbonyl (C=O) groups excluding carboxylic acids is 1. The van der Waals surface area contributed by atoms with Gasteiger partial charge < -0.3 is 14.5 Å². The van der Waals surface area contributed by atoms with Crippen LogP contribution in [0.25, 0.3) is 0 Å². The molecule has 170 valence electrons. The number of nitrogens with one attached hydrogen (secondary N) is 2. The molecule has 2 heterocycles. The number of halogens is 1. The lowest BCUT2D eigenvalue weighted by Crippen LogP contribution is -2.34. The van der Waals surface area contributed by atoms with E-state index in [-0.39, 0.29) is 18.3 Å². The van der Waals surface area contributed by atoms with Crippen LogP contribution in [0.4, 0.5) is 10.2 Å². The fraction of sp³-hybridized carbons (Fsp3) is 0.200. The average molecular weight is 448 g/mol. The lowest BCUT2D eigenvalue weighted by atomic mass is 10.1. The molecular formula is C25H25FN4O3. The van der Waals surface area contributed by atoms with Crippen LogP contribution in [0, 0.1) is 5.82 Å². The van der Waals surface area contributed by atoms with Gasteiger partial charge in [-0.15, -0.1) is 0 Å². The first-order chi connectivity index (χ1) is 16.1. The zero-order valence-electron chi connectivity index (χ0n) is 18.0. The smallest absolute Gasteiger partial charge is 0.239 e. The molecular weight excluding hydrogens is 423 g/mol. The van der Waals surface area contributed by atoms with E-state index in [4.69, 9.17) is 9.15 Å². The highest BCUT2D eigenvalue weighted by Crippen LogP contribution is 2.17. The van der Waals surface area contributed by atoms with Crippen LogP contribution in [-0.4, -0.2) is 34.1 Å². The number of hydrogen-bond donors (Lipinski definition) is 2. The molecule has 0 radical (unpaired) electrons. The first kappa shape index (κ1) is 22.3. The zero-order valence-corrected chi connectivity index (χ0v) is 18.0. The zero-order chi connectivity index (χ0) is 22.9. The third-order valence-electron chi connectivity index (χ3n) is 5.01. The highest BCUT2D eigenvalue weighted by molar-refractivity contribution is 5.91. The van der Waals surface area contributed by atoms with E-state index >= 15 is 0 Å². The molecule has 0 fully saturated rings. The minimum absolute atomic E-state index is 0.141. The van der Waals surface area contributed by atoms with Crippen molar-refractivity contribution in [3.05, 3.63) is 102 Å². The van der Waals surface area contributed by atoms with Crippen molar-refractivity contribution in [2.75, 3.05) is 18.4 Å². The number of H-pyrrole nitrogens is 1. The number of nitrogens with zero attached hydrogens (tertiary/aromatic N) is 2. The van der Waals surface area contributed by atoms with E-state index < -0.39 is 0 Å². The molecule has 4 aromatic rings. The predicted octanol–water partition coefficient (Wildman–Crippen LogP) is 4.40. The van der Waals surface area contributed by atoms with Gasteiger partial charge >= 0.3 is 0 Å². The van der Waals surface area contributed by atoms with Gasteiger partial charge in [-0.1, -0.05) is 24.3 Å². The number of furan rings is 1. The van der Waals surface area contributed by atoms with Crippen molar-refractivity contribution in [1.82, 2.24) is 15.1 Å². The second kappa shape index (κ2) is 11.1.